The van der Waals surface area contributed by atoms with Crippen molar-refractivity contribution in [2.45, 2.75) is 18.7 Å². The Morgan fingerprint density at radius 3 is 2.42 bits per heavy atom. The van der Waals surface area contributed by atoms with E-state index in [1.807, 2.05) is 6.92 Å². The van der Waals surface area contributed by atoms with Crippen molar-refractivity contribution >= 4 is 33.2 Å². The number of nitrogens with one attached hydrogen (secondary N) is 2. The lowest BCUT2D eigenvalue weighted by atomic mass is 10.2. The lowest BCUT2D eigenvalue weighted by Gasteiger charge is -2.10. The SMILES string of the molecule is CCOC(=O)Nc1ccc(NS(=O)(=O)c2ccc(C)cc2)c([N+](=O)[O-])c1. The molecule has 0 radical (unpaired) electrons. The Kier molecular flexibility index (Phi) is 5.78. The average Bonchev–Trinajstić information content (AvgIpc) is 2.56. The maximum atomic E-state index is 12.4. The highest BCUT2D eigenvalue weighted by Crippen LogP contribution is 2.30. The molecule has 0 saturated carbocycles. The number of amides is 1. The Bertz CT molecular complexity index is 926. The molecule has 1 amide bonds. The molecule has 0 bridgehead atoms. The zero-order valence-electron chi connectivity index (χ0n) is 14.1. The van der Waals surface area contributed by atoms with Crippen LogP contribution >= 0.6 is 0 Å². The predicted molar refractivity (Wildman–Crippen MR) is 95.7 cm³/mol. The maximum Gasteiger partial charge on any atom is 0.411 e. The third kappa shape index (κ3) is 4.70. The summed E-state index contributed by atoms with van der Waals surface area (Å²) < 4.78 is 31.7. The van der Waals surface area contributed by atoms with Crippen LogP contribution in [0.4, 0.5) is 21.9 Å². The second-order valence-corrected chi connectivity index (χ2v) is 6.94. The zero-order valence-corrected chi connectivity index (χ0v) is 14.9. The van der Waals surface area contributed by atoms with Crippen molar-refractivity contribution < 1.29 is 22.9 Å². The number of nitro groups is 1. The first kappa shape index (κ1) is 19.2. The van der Waals surface area contributed by atoms with Crippen LogP contribution in [0.25, 0.3) is 0 Å². The summed E-state index contributed by atoms with van der Waals surface area (Å²) in [5, 5.41) is 13.6. The number of hydrogen-bond acceptors (Lipinski definition) is 6. The summed E-state index contributed by atoms with van der Waals surface area (Å²) in [6.45, 7) is 3.57. The van der Waals surface area contributed by atoms with Crippen LogP contribution in [0.1, 0.15) is 12.5 Å². The summed E-state index contributed by atoms with van der Waals surface area (Å²) in [6, 6.07) is 9.62. The molecular weight excluding hydrogens is 362 g/mol. The molecule has 0 atom stereocenters. The summed E-state index contributed by atoms with van der Waals surface area (Å²) in [7, 11) is -4.00. The second-order valence-electron chi connectivity index (χ2n) is 5.25. The zero-order chi connectivity index (χ0) is 19.3. The van der Waals surface area contributed by atoms with Crippen molar-refractivity contribution in [2.24, 2.45) is 0 Å². The summed E-state index contributed by atoms with van der Waals surface area (Å²) in [4.78, 5) is 21.9. The number of anilines is 2. The molecule has 2 rings (SSSR count). The first-order valence-corrected chi connectivity index (χ1v) is 9.03. The lowest BCUT2D eigenvalue weighted by Crippen LogP contribution is -2.15. The van der Waals surface area contributed by atoms with Crippen LogP contribution in [0, 0.1) is 17.0 Å². The number of ether oxygens (including phenoxy) is 1. The molecule has 0 saturated heterocycles. The molecule has 26 heavy (non-hydrogen) atoms. The van der Waals surface area contributed by atoms with Crippen LogP contribution < -0.4 is 10.0 Å². The van der Waals surface area contributed by atoms with E-state index in [4.69, 9.17) is 4.74 Å². The van der Waals surface area contributed by atoms with Gasteiger partial charge in [-0.15, -0.1) is 0 Å². The van der Waals surface area contributed by atoms with Gasteiger partial charge in [-0.2, -0.15) is 0 Å². The number of sulfonamides is 1. The fourth-order valence-corrected chi connectivity index (χ4v) is 3.13. The van der Waals surface area contributed by atoms with Gasteiger partial charge < -0.3 is 4.74 Å². The normalized spacial score (nSPS) is 10.8. The average molecular weight is 379 g/mol. The highest BCUT2D eigenvalue weighted by molar-refractivity contribution is 7.92. The molecule has 0 spiro atoms. The summed E-state index contributed by atoms with van der Waals surface area (Å²) in [6.07, 6.45) is -0.769. The van der Waals surface area contributed by atoms with Gasteiger partial charge in [0, 0.05) is 6.07 Å². The van der Waals surface area contributed by atoms with Gasteiger partial charge in [0.1, 0.15) is 5.69 Å². The van der Waals surface area contributed by atoms with Crippen molar-refractivity contribution in [1.82, 2.24) is 0 Å². The van der Waals surface area contributed by atoms with Crippen molar-refractivity contribution in [3.8, 4) is 0 Å². The lowest BCUT2D eigenvalue weighted by molar-refractivity contribution is -0.383. The quantitative estimate of drug-likeness (QED) is 0.585. The minimum absolute atomic E-state index is 0.0221. The number of carbonyl (C=O) groups excluding carboxylic acids is 1. The van der Waals surface area contributed by atoms with Crippen LogP contribution in [0.2, 0.25) is 0 Å². The molecule has 0 heterocycles. The molecule has 0 unspecified atom stereocenters. The first-order valence-electron chi connectivity index (χ1n) is 7.54. The van der Waals surface area contributed by atoms with E-state index in [0.717, 1.165) is 11.6 Å². The number of nitro benzene ring substituents is 1. The molecule has 0 fully saturated rings. The fourth-order valence-electron chi connectivity index (χ4n) is 2.05. The Morgan fingerprint density at radius 2 is 1.85 bits per heavy atom. The van der Waals surface area contributed by atoms with Crippen LogP contribution in [-0.2, 0) is 14.8 Å². The van der Waals surface area contributed by atoms with Crippen LogP contribution in [0.15, 0.2) is 47.4 Å². The minimum Gasteiger partial charge on any atom is -0.450 e. The molecule has 9 nitrogen and oxygen atoms in total. The van der Waals surface area contributed by atoms with Crippen molar-refractivity contribution in [3.63, 3.8) is 0 Å². The van der Waals surface area contributed by atoms with E-state index >= 15 is 0 Å². The molecule has 0 aliphatic carbocycles. The van der Waals surface area contributed by atoms with Gasteiger partial charge in [0.05, 0.1) is 22.1 Å². The van der Waals surface area contributed by atoms with Crippen LogP contribution in [0.3, 0.4) is 0 Å². The van der Waals surface area contributed by atoms with Crippen molar-refractivity contribution in [1.29, 1.82) is 0 Å². The van der Waals surface area contributed by atoms with Gasteiger partial charge in [-0.3, -0.25) is 20.2 Å². The van der Waals surface area contributed by atoms with Crippen LogP contribution in [-0.4, -0.2) is 26.0 Å². The van der Waals surface area contributed by atoms with Gasteiger partial charge in [-0.05, 0) is 38.1 Å². The molecule has 0 aromatic heterocycles. The van der Waals surface area contributed by atoms with Crippen molar-refractivity contribution in [2.75, 3.05) is 16.6 Å². The van der Waals surface area contributed by atoms with E-state index < -0.39 is 26.7 Å². The van der Waals surface area contributed by atoms with Gasteiger partial charge in [0.2, 0.25) is 0 Å². The Balaban J connectivity index is 2.32. The van der Waals surface area contributed by atoms with Gasteiger partial charge in [0.25, 0.3) is 15.7 Å². The van der Waals surface area contributed by atoms with E-state index in [-0.39, 0.29) is 22.9 Å². The Hall–Kier alpha value is -3.14. The van der Waals surface area contributed by atoms with E-state index in [9.17, 15) is 23.3 Å². The van der Waals surface area contributed by atoms with Crippen LogP contribution in [0.5, 0.6) is 0 Å². The first-order chi connectivity index (χ1) is 12.2. The minimum atomic E-state index is -4.00. The molecule has 2 aromatic carbocycles. The number of aryl methyl sites for hydroxylation is 1. The fraction of sp³-hybridized carbons (Fsp3) is 0.188. The molecule has 0 aliphatic rings. The number of carbonyl (C=O) groups is 1. The van der Waals surface area contributed by atoms with Crippen molar-refractivity contribution in [3.05, 3.63) is 58.1 Å². The third-order valence-corrected chi connectivity index (χ3v) is 4.67. The standard InChI is InChI=1S/C16H17N3O6S/c1-3-25-16(20)17-12-6-9-14(15(10-12)19(21)22)18-26(23,24)13-7-4-11(2)5-8-13/h4-10,18H,3H2,1-2H3,(H,17,20). The highest BCUT2D eigenvalue weighted by Gasteiger charge is 2.22. The summed E-state index contributed by atoms with van der Waals surface area (Å²) in [5.41, 5.74) is 0.262. The molecular formula is C16H17N3O6S. The van der Waals surface area contributed by atoms with E-state index in [1.54, 1.807) is 19.1 Å². The summed E-state index contributed by atoms with van der Waals surface area (Å²) in [5.74, 6) is 0. The Labute approximate surface area is 150 Å². The molecule has 2 aromatic rings. The van der Waals surface area contributed by atoms with E-state index in [0.29, 0.717) is 0 Å². The topological polar surface area (TPSA) is 128 Å². The smallest absolute Gasteiger partial charge is 0.411 e. The highest BCUT2D eigenvalue weighted by atomic mass is 32.2. The number of nitrogens with zero attached hydrogens (tertiary/aromatic N) is 1. The number of hydrogen-bond donors (Lipinski definition) is 2. The number of benzene rings is 2. The Morgan fingerprint density at radius 1 is 1.19 bits per heavy atom. The monoisotopic (exact) mass is 379 g/mol. The summed E-state index contributed by atoms with van der Waals surface area (Å²) >= 11 is 0. The van der Waals surface area contributed by atoms with Gasteiger partial charge in [-0.1, -0.05) is 17.7 Å². The molecule has 0 aliphatic heterocycles. The van der Waals surface area contributed by atoms with Gasteiger partial charge in [0.15, 0.2) is 0 Å². The number of rotatable bonds is 6. The molecule has 2 N–H and O–H groups in total. The largest absolute Gasteiger partial charge is 0.450 e. The second kappa shape index (κ2) is 7.83. The molecule has 138 valence electrons. The third-order valence-electron chi connectivity index (χ3n) is 3.29. The maximum absolute atomic E-state index is 12.4. The van der Waals surface area contributed by atoms with E-state index in [1.165, 1.54) is 24.3 Å². The molecule has 10 heteroatoms. The van der Waals surface area contributed by atoms with Gasteiger partial charge in [-0.25, -0.2) is 13.2 Å². The van der Waals surface area contributed by atoms with E-state index in [2.05, 4.69) is 10.0 Å². The van der Waals surface area contributed by atoms with Gasteiger partial charge >= 0.3 is 6.09 Å². The predicted octanol–water partition coefficient (Wildman–Crippen LogP) is 3.27.